The highest BCUT2D eigenvalue weighted by Gasteiger charge is 2.09. The van der Waals surface area contributed by atoms with E-state index in [1.165, 1.54) is 19.3 Å². The Morgan fingerprint density at radius 2 is 2.18 bits per heavy atom. The van der Waals surface area contributed by atoms with Crippen LogP contribution in [0.4, 0.5) is 0 Å². The van der Waals surface area contributed by atoms with E-state index in [1.54, 1.807) is 0 Å². The van der Waals surface area contributed by atoms with Gasteiger partial charge < -0.3 is 4.57 Å². The number of hydrogen-bond acceptors (Lipinski definition) is 2. The number of nitrogens with zero attached hydrogens (tertiary/aromatic N) is 2. The minimum atomic E-state index is 0.665. The molecule has 0 amide bonds. The molecule has 0 N–H and O–H groups in total. The van der Waals surface area contributed by atoms with Crippen LogP contribution in [0.2, 0.25) is 5.02 Å². The molecule has 2 rings (SSSR count). The standard InChI is InChI=1S/C13H17ClN2S/c1-2-3-4-7-16-12-6-5-10(14)8-11(12)15-13(16)9-17/h5-6,8,17H,2-4,7,9H2,1H3. The maximum atomic E-state index is 5.98. The highest BCUT2D eigenvalue weighted by atomic mass is 35.5. The molecule has 0 aliphatic heterocycles. The van der Waals surface area contributed by atoms with Gasteiger partial charge in [-0.05, 0) is 24.6 Å². The first kappa shape index (κ1) is 12.8. The number of fused-ring (bicyclic) bond motifs is 1. The zero-order valence-corrected chi connectivity index (χ0v) is 11.6. The summed E-state index contributed by atoms with van der Waals surface area (Å²) in [6, 6.07) is 5.88. The number of aryl methyl sites for hydroxylation is 1. The van der Waals surface area contributed by atoms with E-state index in [9.17, 15) is 0 Å². The second-order valence-corrected chi connectivity index (χ2v) is 4.93. The van der Waals surface area contributed by atoms with Gasteiger partial charge in [-0.1, -0.05) is 31.4 Å². The molecule has 17 heavy (non-hydrogen) atoms. The Morgan fingerprint density at radius 1 is 1.35 bits per heavy atom. The molecule has 4 heteroatoms. The normalized spacial score (nSPS) is 11.2. The highest BCUT2D eigenvalue weighted by Crippen LogP contribution is 2.22. The van der Waals surface area contributed by atoms with Crippen LogP contribution in [-0.4, -0.2) is 9.55 Å². The van der Waals surface area contributed by atoms with Gasteiger partial charge in [0.2, 0.25) is 0 Å². The summed E-state index contributed by atoms with van der Waals surface area (Å²) in [6.45, 7) is 3.23. The zero-order chi connectivity index (χ0) is 12.3. The lowest BCUT2D eigenvalue weighted by Crippen LogP contribution is -2.02. The van der Waals surface area contributed by atoms with E-state index in [-0.39, 0.29) is 0 Å². The summed E-state index contributed by atoms with van der Waals surface area (Å²) in [5, 5.41) is 0.737. The molecule has 1 aromatic heterocycles. The molecule has 0 unspecified atom stereocenters. The van der Waals surface area contributed by atoms with Crippen LogP contribution in [0.25, 0.3) is 11.0 Å². The number of thiol groups is 1. The van der Waals surface area contributed by atoms with Crippen molar-refractivity contribution in [1.82, 2.24) is 9.55 Å². The summed E-state index contributed by atoms with van der Waals surface area (Å²) >= 11 is 10.3. The molecule has 1 heterocycles. The number of imidazole rings is 1. The van der Waals surface area contributed by atoms with Crippen molar-refractivity contribution < 1.29 is 0 Å². The third-order valence-electron chi connectivity index (χ3n) is 2.92. The molecule has 0 saturated heterocycles. The van der Waals surface area contributed by atoms with Crippen LogP contribution in [-0.2, 0) is 12.3 Å². The maximum Gasteiger partial charge on any atom is 0.119 e. The SMILES string of the molecule is CCCCCn1c(CS)nc2cc(Cl)ccc21. The monoisotopic (exact) mass is 268 g/mol. The van der Waals surface area contributed by atoms with Crippen LogP contribution < -0.4 is 0 Å². The van der Waals surface area contributed by atoms with Crippen LogP contribution >= 0.6 is 24.2 Å². The van der Waals surface area contributed by atoms with Crippen molar-refractivity contribution in [2.45, 2.75) is 38.5 Å². The van der Waals surface area contributed by atoms with Crippen LogP contribution in [0.1, 0.15) is 32.0 Å². The second kappa shape index (κ2) is 5.78. The summed E-state index contributed by atoms with van der Waals surface area (Å²) in [4.78, 5) is 4.57. The zero-order valence-electron chi connectivity index (χ0n) is 9.99. The summed E-state index contributed by atoms with van der Waals surface area (Å²) in [5.41, 5.74) is 2.13. The average molecular weight is 269 g/mol. The van der Waals surface area contributed by atoms with Crippen molar-refractivity contribution in [1.29, 1.82) is 0 Å². The predicted octanol–water partition coefficient (Wildman–Crippen LogP) is 4.31. The molecule has 0 saturated carbocycles. The number of benzene rings is 1. The summed E-state index contributed by atoms with van der Waals surface area (Å²) in [7, 11) is 0. The molecule has 0 spiro atoms. The maximum absolute atomic E-state index is 5.98. The van der Waals surface area contributed by atoms with Crippen LogP contribution in [0.15, 0.2) is 18.2 Å². The van der Waals surface area contributed by atoms with Crippen LogP contribution in [0.5, 0.6) is 0 Å². The first-order valence-electron chi connectivity index (χ1n) is 6.01. The first-order valence-corrected chi connectivity index (χ1v) is 7.02. The lowest BCUT2D eigenvalue weighted by atomic mass is 10.2. The Bertz CT molecular complexity index is 507. The van der Waals surface area contributed by atoms with Gasteiger partial charge in [0.15, 0.2) is 0 Å². The van der Waals surface area contributed by atoms with Crippen molar-refractivity contribution >= 4 is 35.3 Å². The molecule has 1 aromatic carbocycles. The smallest absolute Gasteiger partial charge is 0.119 e. The molecular weight excluding hydrogens is 252 g/mol. The topological polar surface area (TPSA) is 17.8 Å². The Balaban J connectivity index is 2.36. The Hall–Kier alpha value is -0.670. The van der Waals surface area contributed by atoms with E-state index in [2.05, 4.69) is 29.1 Å². The number of halogens is 1. The largest absolute Gasteiger partial charge is 0.327 e. The van der Waals surface area contributed by atoms with Gasteiger partial charge in [0.05, 0.1) is 11.0 Å². The molecule has 0 radical (unpaired) electrons. The Kier molecular flexibility index (Phi) is 4.35. The van der Waals surface area contributed by atoms with Crippen molar-refractivity contribution in [3.05, 3.63) is 29.0 Å². The fraction of sp³-hybridized carbons (Fsp3) is 0.462. The number of aromatic nitrogens is 2. The minimum Gasteiger partial charge on any atom is -0.327 e. The number of hydrogen-bond donors (Lipinski definition) is 1. The first-order chi connectivity index (χ1) is 8.26. The third kappa shape index (κ3) is 2.78. The van der Waals surface area contributed by atoms with Crippen molar-refractivity contribution in [2.75, 3.05) is 0 Å². The van der Waals surface area contributed by atoms with E-state index in [0.29, 0.717) is 5.75 Å². The van der Waals surface area contributed by atoms with E-state index < -0.39 is 0 Å². The molecule has 0 fully saturated rings. The van der Waals surface area contributed by atoms with Gasteiger partial charge in [-0.15, -0.1) is 0 Å². The lowest BCUT2D eigenvalue weighted by Gasteiger charge is -2.07. The lowest BCUT2D eigenvalue weighted by molar-refractivity contribution is 0.600. The third-order valence-corrected chi connectivity index (χ3v) is 3.43. The molecular formula is C13H17ClN2S. The second-order valence-electron chi connectivity index (χ2n) is 4.18. The van der Waals surface area contributed by atoms with Gasteiger partial charge in [0, 0.05) is 17.3 Å². The Labute approximate surface area is 112 Å². The minimum absolute atomic E-state index is 0.665. The molecule has 0 atom stereocenters. The molecule has 2 nitrogen and oxygen atoms in total. The summed E-state index contributed by atoms with van der Waals surface area (Å²) in [5.74, 6) is 1.69. The number of rotatable bonds is 5. The van der Waals surface area contributed by atoms with Gasteiger partial charge in [-0.3, -0.25) is 0 Å². The van der Waals surface area contributed by atoms with Gasteiger partial charge in [0.25, 0.3) is 0 Å². The van der Waals surface area contributed by atoms with E-state index >= 15 is 0 Å². The Morgan fingerprint density at radius 3 is 2.88 bits per heavy atom. The van der Waals surface area contributed by atoms with E-state index in [0.717, 1.165) is 28.4 Å². The van der Waals surface area contributed by atoms with Crippen molar-refractivity contribution in [3.63, 3.8) is 0 Å². The fourth-order valence-electron chi connectivity index (χ4n) is 2.04. The van der Waals surface area contributed by atoms with Crippen LogP contribution in [0.3, 0.4) is 0 Å². The average Bonchev–Trinajstić information content (AvgIpc) is 2.67. The quantitative estimate of drug-likeness (QED) is 0.632. The van der Waals surface area contributed by atoms with E-state index in [4.69, 9.17) is 11.6 Å². The number of unbranched alkanes of at least 4 members (excludes halogenated alkanes) is 2. The highest BCUT2D eigenvalue weighted by molar-refractivity contribution is 7.79. The molecule has 0 bridgehead atoms. The summed E-state index contributed by atoms with van der Waals surface area (Å²) in [6.07, 6.45) is 3.67. The van der Waals surface area contributed by atoms with Gasteiger partial charge in [-0.25, -0.2) is 4.98 Å². The van der Waals surface area contributed by atoms with Crippen molar-refractivity contribution in [3.8, 4) is 0 Å². The van der Waals surface area contributed by atoms with Gasteiger partial charge in [0.1, 0.15) is 5.82 Å². The van der Waals surface area contributed by atoms with Gasteiger partial charge >= 0.3 is 0 Å². The van der Waals surface area contributed by atoms with Crippen LogP contribution in [0, 0.1) is 0 Å². The summed E-state index contributed by atoms with van der Waals surface area (Å²) < 4.78 is 2.26. The van der Waals surface area contributed by atoms with E-state index in [1.807, 2.05) is 18.2 Å². The molecule has 92 valence electrons. The molecule has 0 aliphatic rings. The van der Waals surface area contributed by atoms with Gasteiger partial charge in [-0.2, -0.15) is 12.6 Å². The predicted molar refractivity (Wildman–Crippen MR) is 77.0 cm³/mol. The molecule has 0 aliphatic carbocycles. The van der Waals surface area contributed by atoms with Crippen molar-refractivity contribution in [2.24, 2.45) is 0 Å². The molecule has 2 aromatic rings. The fourth-order valence-corrected chi connectivity index (χ4v) is 2.45.